The molecule has 0 amide bonds. The molecular formula is C10H17N3O4S. The summed E-state index contributed by atoms with van der Waals surface area (Å²) in [6.07, 6.45) is 1.31. The topological polar surface area (TPSA) is 101 Å². The van der Waals surface area contributed by atoms with Crippen LogP contribution in [0.4, 0.5) is 0 Å². The van der Waals surface area contributed by atoms with Crippen LogP contribution in [0.1, 0.15) is 27.7 Å². The summed E-state index contributed by atoms with van der Waals surface area (Å²) in [6.45, 7) is 6.55. The molecule has 102 valence electrons. The van der Waals surface area contributed by atoms with E-state index in [0.717, 1.165) is 0 Å². The number of rotatable bonds is 4. The molecule has 2 N–H and O–H groups in total. The monoisotopic (exact) mass is 275 g/mol. The molecule has 0 aliphatic rings. The van der Waals surface area contributed by atoms with Crippen LogP contribution in [0.5, 0.6) is 0 Å². The average molecular weight is 275 g/mol. The maximum Gasteiger partial charge on any atom is 0.324 e. The fraction of sp³-hybridized carbons (Fsp3) is 0.600. The molecule has 0 saturated heterocycles. The maximum absolute atomic E-state index is 11.8. The van der Waals surface area contributed by atoms with Gasteiger partial charge in [-0.1, -0.05) is 0 Å². The summed E-state index contributed by atoms with van der Waals surface area (Å²) in [6, 6.07) is 0.321. The molecule has 0 unspecified atom stereocenters. The molecule has 1 rings (SSSR count). The highest BCUT2D eigenvalue weighted by atomic mass is 32.2. The van der Waals surface area contributed by atoms with E-state index in [0.29, 0.717) is 0 Å². The highest BCUT2D eigenvalue weighted by Gasteiger charge is 2.26. The van der Waals surface area contributed by atoms with E-state index in [4.69, 9.17) is 4.74 Å². The molecule has 8 heteroatoms. The minimum atomic E-state index is -3.79. The highest BCUT2D eigenvalue weighted by Crippen LogP contribution is 2.10. The molecule has 0 saturated carbocycles. The van der Waals surface area contributed by atoms with Gasteiger partial charge in [0.25, 0.3) is 10.0 Å². The predicted octanol–water partition coefficient (Wildman–Crippen LogP) is 0.418. The van der Waals surface area contributed by atoms with Gasteiger partial charge in [-0.2, -0.15) is 9.82 Å². The molecule has 0 aliphatic heterocycles. The van der Waals surface area contributed by atoms with E-state index < -0.39 is 27.6 Å². The van der Waals surface area contributed by atoms with Gasteiger partial charge in [0, 0.05) is 0 Å². The van der Waals surface area contributed by atoms with Crippen molar-refractivity contribution in [3.05, 3.63) is 12.3 Å². The molecule has 0 radical (unpaired) electrons. The highest BCUT2D eigenvalue weighted by molar-refractivity contribution is 7.89. The van der Waals surface area contributed by atoms with Crippen LogP contribution in [0, 0.1) is 0 Å². The fourth-order valence-electron chi connectivity index (χ4n) is 1.13. The van der Waals surface area contributed by atoms with Gasteiger partial charge in [-0.25, -0.2) is 8.42 Å². The third kappa shape index (κ3) is 4.11. The summed E-state index contributed by atoms with van der Waals surface area (Å²) >= 11 is 0. The molecule has 1 aromatic heterocycles. The lowest BCUT2D eigenvalue weighted by atomic mass is 10.2. The van der Waals surface area contributed by atoms with Crippen LogP contribution >= 0.6 is 0 Å². The van der Waals surface area contributed by atoms with Crippen molar-refractivity contribution in [2.45, 2.75) is 44.4 Å². The minimum Gasteiger partial charge on any atom is -0.459 e. The molecular weight excluding hydrogens is 258 g/mol. The lowest BCUT2D eigenvalue weighted by Gasteiger charge is -2.22. The molecule has 0 fully saturated rings. The van der Waals surface area contributed by atoms with Crippen LogP contribution < -0.4 is 4.72 Å². The summed E-state index contributed by atoms with van der Waals surface area (Å²) in [5.74, 6) is -0.634. The largest absolute Gasteiger partial charge is 0.459 e. The third-order valence-corrected chi connectivity index (χ3v) is 3.33. The van der Waals surface area contributed by atoms with E-state index in [1.807, 2.05) is 0 Å². The average Bonchev–Trinajstić information content (AvgIpc) is 2.66. The first kappa shape index (κ1) is 14.7. The van der Waals surface area contributed by atoms with Crippen molar-refractivity contribution in [2.24, 2.45) is 0 Å². The fourth-order valence-corrected chi connectivity index (χ4v) is 2.23. The number of sulfonamides is 1. The van der Waals surface area contributed by atoms with Crippen LogP contribution in [0.3, 0.4) is 0 Å². The van der Waals surface area contributed by atoms with Gasteiger partial charge < -0.3 is 4.74 Å². The number of carbonyl (C=O) groups is 1. The van der Waals surface area contributed by atoms with Gasteiger partial charge >= 0.3 is 5.97 Å². The normalized spacial score (nSPS) is 14.2. The molecule has 1 atom stereocenters. The number of H-pyrrole nitrogens is 1. The molecule has 1 aromatic rings. The van der Waals surface area contributed by atoms with Crippen LogP contribution in [0.25, 0.3) is 0 Å². The number of esters is 1. The van der Waals surface area contributed by atoms with Crippen molar-refractivity contribution < 1.29 is 17.9 Å². The van der Waals surface area contributed by atoms with E-state index in [1.165, 1.54) is 19.2 Å². The number of ether oxygens (including phenoxy) is 1. The number of aromatic nitrogens is 2. The van der Waals surface area contributed by atoms with Crippen molar-refractivity contribution >= 4 is 16.0 Å². The second kappa shape index (κ2) is 5.07. The molecule has 0 bridgehead atoms. The number of aromatic amines is 1. The van der Waals surface area contributed by atoms with Gasteiger partial charge in [0.15, 0.2) is 5.03 Å². The van der Waals surface area contributed by atoms with Gasteiger partial charge in [-0.05, 0) is 33.8 Å². The van der Waals surface area contributed by atoms with Gasteiger partial charge in [0.1, 0.15) is 11.6 Å². The molecule has 0 aromatic carbocycles. The summed E-state index contributed by atoms with van der Waals surface area (Å²) in [7, 11) is -3.79. The summed E-state index contributed by atoms with van der Waals surface area (Å²) < 4.78 is 30.8. The van der Waals surface area contributed by atoms with Crippen molar-refractivity contribution in [2.75, 3.05) is 0 Å². The van der Waals surface area contributed by atoms with Crippen molar-refractivity contribution in [3.63, 3.8) is 0 Å². The summed E-state index contributed by atoms with van der Waals surface area (Å²) in [5, 5.41) is 5.76. The van der Waals surface area contributed by atoms with Crippen molar-refractivity contribution in [1.82, 2.24) is 14.9 Å². The smallest absolute Gasteiger partial charge is 0.324 e. The third-order valence-electron chi connectivity index (χ3n) is 1.86. The van der Waals surface area contributed by atoms with Gasteiger partial charge in [-0.15, -0.1) is 0 Å². The SMILES string of the molecule is C[C@H](NS(=O)(=O)c1ccn[nH]1)C(=O)OC(C)(C)C. The Labute approximate surface area is 106 Å². The second-order valence-corrected chi connectivity index (χ2v) is 6.48. The Morgan fingerprint density at radius 1 is 1.50 bits per heavy atom. The first-order valence-corrected chi connectivity index (χ1v) is 6.85. The van der Waals surface area contributed by atoms with E-state index in [-0.39, 0.29) is 5.03 Å². The molecule has 7 nitrogen and oxygen atoms in total. The standard InChI is InChI=1S/C10H17N3O4S/c1-7(9(14)17-10(2,3)4)13-18(15,16)8-5-6-11-12-8/h5-7,13H,1-4H3,(H,11,12)/t7-/m0/s1. The van der Waals surface area contributed by atoms with Gasteiger partial charge in [-0.3, -0.25) is 9.89 Å². The quantitative estimate of drug-likeness (QED) is 0.775. The number of carbonyl (C=O) groups excluding carboxylic acids is 1. The van der Waals surface area contributed by atoms with Crippen molar-refractivity contribution in [1.29, 1.82) is 0 Å². The molecule has 1 heterocycles. The Morgan fingerprint density at radius 2 is 2.11 bits per heavy atom. The molecule has 0 spiro atoms. The Hall–Kier alpha value is -1.41. The summed E-state index contributed by atoms with van der Waals surface area (Å²) in [4.78, 5) is 11.6. The first-order valence-electron chi connectivity index (χ1n) is 5.36. The van der Waals surface area contributed by atoms with Crippen LogP contribution in [0.2, 0.25) is 0 Å². The number of nitrogens with zero attached hydrogens (tertiary/aromatic N) is 1. The first-order chi connectivity index (χ1) is 8.12. The summed E-state index contributed by atoms with van der Waals surface area (Å²) in [5.41, 5.74) is -0.662. The Morgan fingerprint density at radius 3 is 2.56 bits per heavy atom. The number of nitrogens with one attached hydrogen (secondary N) is 2. The van der Waals surface area contributed by atoms with Gasteiger partial charge in [0.05, 0.1) is 6.20 Å². The van der Waals surface area contributed by atoms with Crippen LogP contribution in [0.15, 0.2) is 17.3 Å². The molecule has 18 heavy (non-hydrogen) atoms. The molecule has 0 aliphatic carbocycles. The van der Waals surface area contributed by atoms with E-state index in [2.05, 4.69) is 14.9 Å². The Kier molecular flexibility index (Phi) is 4.12. The lowest BCUT2D eigenvalue weighted by Crippen LogP contribution is -2.42. The van der Waals surface area contributed by atoms with E-state index in [9.17, 15) is 13.2 Å². The lowest BCUT2D eigenvalue weighted by molar-refractivity contribution is -0.156. The Bertz CT molecular complexity index is 502. The van der Waals surface area contributed by atoms with E-state index >= 15 is 0 Å². The zero-order valence-corrected chi connectivity index (χ0v) is 11.5. The predicted molar refractivity (Wildman–Crippen MR) is 64.2 cm³/mol. The van der Waals surface area contributed by atoms with Crippen LogP contribution in [-0.4, -0.2) is 36.2 Å². The zero-order valence-electron chi connectivity index (χ0n) is 10.7. The second-order valence-electron chi connectivity index (χ2n) is 4.80. The zero-order chi connectivity index (χ0) is 14.0. The maximum atomic E-state index is 11.8. The minimum absolute atomic E-state index is 0.0992. The number of hydrogen-bond donors (Lipinski definition) is 2. The van der Waals surface area contributed by atoms with E-state index in [1.54, 1.807) is 20.8 Å². The Balaban J connectivity index is 2.71. The van der Waals surface area contributed by atoms with Gasteiger partial charge in [0.2, 0.25) is 0 Å². The van der Waals surface area contributed by atoms with Crippen molar-refractivity contribution in [3.8, 4) is 0 Å². The number of hydrogen-bond acceptors (Lipinski definition) is 5. The van der Waals surface area contributed by atoms with Crippen LogP contribution in [-0.2, 0) is 19.6 Å².